The molecule has 122 valence electrons. The van der Waals surface area contributed by atoms with Crippen molar-refractivity contribution in [2.45, 2.75) is 59.1 Å². The van der Waals surface area contributed by atoms with E-state index in [9.17, 15) is 4.79 Å². The van der Waals surface area contributed by atoms with Gasteiger partial charge in [-0.2, -0.15) is 5.10 Å². The Morgan fingerprint density at radius 1 is 1.45 bits per heavy atom. The summed E-state index contributed by atoms with van der Waals surface area (Å²) < 4.78 is 7.61. The van der Waals surface area contributed by atoms with Crippen molar-refractivity contribution in [3.63, 3.8) is 0 Å². The molecule has 1 amide bonds. The molecule has 3 rings (SSSR count). The van der Waals surface area contributed by atoms with Crippen LogP contribution < -0.4 is 0 Å². The van der Waals surface area contributed by atoms with Crippen LogP contribution in [0.2, 0.25) is 0 Å². The standard InChI is InChI=1S/C17H27N3O2/c1-4-8-19(10-13-5-6-13)17(21)16-14-11-22-9-7-15(14)20(18-16)12(2)3/h12-13H,4-11H2,1-3H3. The van der Waals surface area contributed by atoms with Crippen molar-refractivity contribution in [3.05, 3.63) is 17.0 Å². The first kappa shape index (κ1) is 15.5. The molecule has 5 heteroatoms. The summed E-state index contributed by atoms with van der Waals surface area (Å²) in [5.41, 5.74) is 2.83. The van der Waals surface area contributed by atoms with Crippen LogP contribution in [0.15, 0.2) is 0 Å². The van der Waals surface area contributed by atoms with Gasteiger partial charge in [0.1, 0.15) is 0 Å². The molecule has 0 bridgehead atoms. The predicted octanol–water partition coefficient (Wildman–Crippen LogP) is 2.80. The van der Waals surface area contributed by atoms with E-state index < -0.39 is 0 Å². The topological polar surface area (TPSA) is 47.4 Å². The fraction of sp³-hybridized carbons (Fsp3) is 0.765. The predicted molar refractivity (Wildman–Crippen MR) is 84.9 cm³/mol. The average molecular weight is 305 g/mol. The molecule has 22 heavy (non-hydrogen) atoms. The van der Waals surface area contributed by atoms with Crippen LogP contribution in [0.25, 0.3) is 0 Å². The van der Waals surface area contributed by atoms with Crippen molar-refractivity contribution in [3.8, 4) is 0 Å². The number of aromatic nitrogens is 2. The molecule has 0 aromatic carbocycles. The molecule has 1 fully saturated rings. The molecule has 1 aliphatic carbocycles. The highest BCUT2D eigenvalue weighted by Gasteiger charge is 2.31. The van der Waals surface area contributed by atoms with Crippen molar-refractivity contribution in [2.75, 3.05) is 19.7 Å². The largest absolute Gasteiger partial charge is 0.376 e. The van der Waals surface area contributed by atoms with Gasteiger partial charge in [0, 0.05) is 36.8 Å². The van der Waals surface area contributed by atoms with E-state index in [1.807, 2.05) is 9.58 Å². The molecule has 0 saturated heterocycles. The van der Waals surface area contributed by atoms with Gasteiger partial charge in [-0.1, -0.05) is 6.92 Å². The van der Waals surface area contributed by atoms with E-state index in [2.05, 4.69) is 25.9 Å². The summed E-state index contributed by atoms with van der Waals surface area (Å²) in [6, 6.07) is 0.274. The summed E-state index contributed by atoms with van der Waals surface area (Å²) in [5, 5.41) is 4.67. The maximum Gasteiger partial charge on any atom is 0.274 e. The van der Waals surface area contributed by atoms with E-state index >= 15 is 0 Å². The van der Waals surface area contributed by atoms with Gasteiger partial charge in [0.15, 0.2) is 5.69 Å². The number of carbonyl (C=O) groups is 1. The highest BCUT2D eigenvalue weighted by atomic mass is 16.5. The van der Waals surface area contributed by atoms with Gasteiger partial charge >= 0.3 is 0 Å². The van der Waals surface area contributed by atoms with Crippen LogP contribution in [-0.2, 0) is 17.8 Å². The van der Waals surface area contributed by atoms with Crippen molar-refractivity contribution in [1.82, 2.24) is 14.7 Å². The van der Waals surface area contributed by atoms with E-state index in [0.29, 0.717) is 18.2 Å². The Kier molecular flexibility index (Phi) is 4.52. The molecule has 5 nitrogen and oxygen atoms in total. The van der Waals surface area contributed by atoms with Gasteiger partial charge in [0.25, 0.3) is 5.91 Å². The molecule has 0 atom stereocenters. The van der Waals surface area contributed by atoms with Gasteiger partial charge < -0.3 is 9.64 Å². The second kappa shape index (κ2) is 6.41. The zero-order valence-electron chi connectivity index (χ0n) is 14.0. The van der Waals surface area contributed by atoms with Crippen molar-refractivity contribution in [1.29, 1.82) is 0 Å². The van der Waals surface area contributed by atoms with E-state index in [0.717, 1.165) is 38.1 Å². The lowest BCUT2D eigenvalue weighted by atomic mass is 10.1. The molecular formula is C17H27N3O2. The minimum absolute atomic E-state index is 0.0925. The van der Waals surface area contributed by atoms with E-state index in [1.54, 1.807) is 0 Å². The maximum absolute atomic E-state index is 13.0. The summed E-state index contributed by atoms with van der Waals surface area (Å²) in [7, 11) is 0. The molecule has 2 heterocycles. The first-order chi connectivity index (χ1) is 10.6. The fourth-order valence-corrected chi connectivity index (χ4v) is 3.17. The third-order valence-electron chi connectivity index (χ3n) is 4.50. The summed E-state index contributed by atoms with van der Waals surface area (Å²) in [5.74, 6) is 0.796. The number of fused-ring (bicyclic) bond motifs is 1. The van der Waals surface area contributed by atoms with E-state index in [-0.39, 0.29) is 11.9 Å². The minimum Gasteiger partial charge on any atom is -0.376 e. The van der Waals surface area contributed by atoms with Crippen LogP contribution in [0, 0.1) is 5.92 Å². The van der Waals surface area contributed by atoms with Gasteiger partial charge in [-0.25, -0.2) is 0 Å². The SMILES string of the molecule is CCCN(CC1CC1)C(=O)c1nn(C(C)C)c2c1COCC2. The Morgan fingerprint density at radius 2 is 2.23 bits per heavy atom. The number of amides is 1. The summed E-state index contributed by atoms with van der Waals surface area (Å²) in [6.07, 6.45) is 4.36. The third-order valence-corrected chi connectivity index (χ3v) is 4.50. The number of ether oxygens (including phenoxy) is 1. The molecular weight excluding hydrogens is 278 g/mol. The third kappa shape index (κ3) is 3.05. The number of hydrogen-bond donors (Lipinski definition) is 0. The monoisotopic (exact) mass is 305 g/mol. The van der Waals surface area contributed by atoms with Crippen LogP contribution >= 0.6 is 0 Å². The zero-order valence-corrected chi connectivity index (χ0v) is 14.0. The molecule has 1 aliphatic heterocycles. The van der Waals surface area contributed by atoms with Crippen molar-refractivity contribution in [2.24, 2.45) is 5.92 Å². The van der Waals surface area contributed by atoms with Crippen LogP contribution in [0.4, 0.5) is 0 Å². The summed E-state index contributed by atoms with van der Waals surface area (Å²) in [4.78, 5) is 15.0. The lowest BCUT2D eigenvalue weighted by molar-refractivity contribution is 0.0728. The number of nitrogens with zero attached hydrogens (tertiary/aromatic N) is 3. The lowest BCUT2D eigenvalue weighted by Crippen LogP contribution is -2.34. The molecule has 2 aliphatic rings. The molecule has 0 N–H and O–H groups in total. The molecule has 1 saturated carbocycles. The van der Waals surface area contributed by atoms with Gasteiger partial charge in [0.05, 0.1) is 13.2 Å². The smallest absolute Gasteiger partial charge is 0.274 e. The van der Waals surface area contributed by atoms with Crippen LogP contribution in [-0.4, -0.2) is 40.3 Å². The number of rotatable bonds is 6. The zero-order chi connectivity index (χ0) is 15.7. The first-order valence-corrected chi connectivity index (χ1v) is 8.59. The molecule has 0 spiro atoms. The van der Waals surface area contributed by atoms with Crippen molar-refractivity contribution >= 4 is 5.91 Å². The average Bonchev–Trinajstić information content (AvgIpc) is 3.23. The lowest BCUT2D eigenvalue weighted by Gasteiger charge is -2.22. The number of hydrogen-bond acceptors (Lipinski definition) is 3. The minimum atomic E-state index is 0.0925. The Bertz CT molecular complexity index is 546. The van der Waals surface area contributed by atoms with Crippen molar-refractivity contribution < 1.29 is 9.53 Å². The van der Waals surface area contributed by atoms with Gasteiger partial charge in [-0.05, 0) is 39.0 Å². The second-order valence-electron chi connectivity index (χ2n) is 6.81. The highest BCUT2D eigenvalue weighted by Crippen LogP contribution is 2.31. The maximum atomic E-state index is 13.0. The Hall–Kier alpha value is -1.36. The fourth-order valence-electron chi connectivity index (χ4n) is 3.17. The van der Waals surface area contributed by atoms with E-state index in [1.165, 1.54) is 18.5 Å². The highest BCUT2D eigenvalue weighted by molar-refractivity contribution is 5.94. The molecule has 0 unspecified atom stereocenters. The molecule has 0 radical (unpaired) electrons. The van der Waals surface area contributed by atoms with Crippen LogP contribution in [0.1, 0.15) is 67.8 Å². The molecule has 1 aromatic rings. The Morgan fingerprint density at radius 3 is 2.86 bits per heavy atom. The summed E-state index contributed by atoms with van der Waals surface area (Å²) in [6.45, 7) is 9.30. The quantitative estimate of drug-likeness (QED) is 0.812. The van der Waals surface area contributed by atoms with Gasteiger partial charge in [-0.3, -0.25) is 9.48 Å². The molecule has 1 aromatic heterocycles. The number of carbonyl (C=O) groups excluding carboxylic acids is 1. The first-order valence-electron chi connectivity index (χ1n) is 8.59. The Balaban J connectivity index is 1.89. The van der Waals surface area contributed by atoms with Gasteiger partial charge in [-0.15, -0.1) is 0 Å². The van der Waals surface area contributed by atoms with Crippen LogP contribution in [0.5, 0.6) is 0 Å². The normalized spacial score (nSPS) is 17.6. The van der Waals surface area contributed by atoms with Gasteiger partial charge in [0.2, 0.25) is 0 Å². The second-order valence-corrected chi connectivity index (χ2v) is 6.81. The van der Waals surface area contributed by atoms with E-state index in [4.69, 9.17) is 4.74 Å². The van der Waals surface area contributed by atoms with Crippen LogP contribution in [0.3, 0.4) is 0 Å². The Labute approximate surface area is 132 Å². The summed E-state index contributed by atoms with van der Waals surface area (Å²) >= 11 is 0.